The van der Waals surface area contributed by atoms with Gasteiger partial charge in [-0.25, -0.2) is 4.98 Å². The number of benzene rings is 2. The summed E-state index contributed by atoms with van der Waals surface area (Å²) in [6, 6.07) is 16.6. The molecule has 0 saturated heterocycles. The van der Waals surface area contributed by atoms with Gasteiger partial charge in [0.1, 0.15) is 5.82 Å². The van der Waals surface area contributed by atoms with E-state index in [-0.39, 0.29) is 5.38 Å². The molecule has 3 aromatic rings. The average molecular weight is 364 g/mol. The van der Waals surface area contributed by atoms with E-state index in [0.717, 1.165) is 34.3 Å². The first-order valence-corrected chi connectivity index (χ1v) is 8.22. The molecule has 108 valence electrons. The lowest BCUT2D eigenvalue weighted by molar-refractivity contribution is 0.668. The van der Waals surface area contributed by atoms with Crippen molar-refractivity contribution >= 4 is 38.6 Å². The number of alkyl halides is 1. The zero-order chi connectivity index (χ0) is 14.8. The average Bonchev–Trinajstić information content (AvgIpc) is 2.84. The molecule has 1 atom stereocenters. The SMILES string of the molecule is CC(Cl)c1nc2ccc(Br)cc2n1CCc1ccccc1. The molecule has 0 bridgehead atoms. The third-order valence-electron chi connectivity index (χ3n) is 3.56. The first-order valence-electron chi connectivity index (χ1n) is 6.99. The molecule has 21 heavy (non-hydrogen) atoms. The molecule has 1 aromatic heterocycles. The van der Waals surface area contributed by atoms with E-state index in [9.17, 15) is 0 Å². The predicted molar refractivity (Wildman–Crippen MR) is 91.8 cm³/mol. The van der Waals surface area contributed by atoms with Crippen LogP contribution in [0.4, 0.5) is 0 Å². The molecule has 0 aliphatic carbocycles. The summed E-state index contributed by atoms with van der Waals surface area (Å²) in [6.45, 7) is 2.85. The van der Waals surface area contributed by atoms with Crippen molar-refractivity contribution < 1.29 is 0 Å². The van der Waals surface area contributed by atoms with Crippen molar-refractivity contribution in [3.05, 3.63) is 64.4 Å². The molecule has 3 rings (SSSR count). The third kappa shape index (κ3) is 3.14. The lowest BCUT2D eigenvalue weighted by atomic mass is 10.1. The highest BCUT2D eigenvalue weighted by molar-refractivity contribution is 9.10. The molecule has 0 aliphatic heterocycles. The highest BCUT2D eigenvalue weighted by atomic mass is 79.9. The fourth-order valence-corrected chi connectivity index (χ4v) is 3.05. The number of hydrogen-bond acceptors (Lipinski definition) is 1. The van der Waals surface area contributed by atoms with E-state index < -0.39 is 0 Å². The number of imidazole rings is 1. The van der Waals surface area contributed by atoms with E-state index >= 15 is 0 Å². The van der Waals surface area contributed by atoms with Gasteiger partial charge in [0.15, 0.2) is 0 Å². The van der Waals surface area contributed by atoms with E-state index in [1.807, 2.05) is 25.1 Å². The molecular weight excluding hydrogens is 348 g/mol. The number of fused-ring (bicyclic) bond motifs is 1. The Hall–Kier alpha value is -1.32. The van der Waals surface area contributed by atoms with Gasteiger partial charge in [0.25, 0.3) is 0 Å². The quantitative estimate of drug-likeness (QED) is 0.572. The summed E-state index contributed by atoms with van der Waals surface area (Å²) in [4.78, 5) is 4.68. The fraction of sp³-hybridized carbons (Fsp3) is 0.235. The smallest absolute Gasteiger partial charge is 0.127 e. The lowest BCUT2D eigenvalue weighted by Crippen LogP contribution is -2.06. The lowest BCUT2D eigenvalue weighted by Gasteiger charge is -2.10. The summed E-state index contributed by atoms with van der Waals surface area (Å²) in [5.41, 5.74) is 3.44. The van der Waals surface area contributed by atoms with E-state index in [4.69, 9.17) is 11.6 Å². The third-order valence-corrected chi connectivity index (χ3v) is 4.25. The van der Waals surface area contributed by atoms with Crippen molar-refractivity contribution in [3.8, 4) is 0 Å². The first-order chi connectivity index (χ1) is 10.1. The van der Waals surface area contributed by atoms with Crippen molar-refractivity contribution in [1.82, 2.24) is 9.55 Å². The van der Waals surface area contributed by atoms with Gasteiger partial charge in [-0.3, -0.25) is 0 Å². The van der Waals surface area contributed by atoms with Crippen LogP contribution in [0.25, 0.3) is 11.0 Å². The number of aryl methyl sites for hydroxylation is 2. The molecule has 0 amide bonds. The largest absolute Gasteiger partial charge is 0.326 e. The van der Waals surface area contributed by atoms with Crippen LogP contribution in [0, 0.1) is 0 Å². The van der Waals surface area contributed by atoms with Crippen LogP contribution in [0.3, 0.4) is 0 Å². The van der Waals surface area contributed by atoms with Gasteiger partial charge in [-0.15, -0.1) is 11.6 Å². The van der Waals surface area contributed by atoms with Gasteiger partial charge in [-0.05, 0) is 37.1 Å². The maximum Gasteiger partial charge on any atom is 0.127 e. The van der Waals surface area contributed by atoms with Gasteiger partial charge in [0.2, 0.25) is 0 Å². The van der Waals surface area contributed by atoms with Gasteiger partial charge in [0.05, 0.1) is 16.4 Å². The predicted octanol–water partition coefficient (Wildman–Crippen LogP) is 5.34. The second-order valence-corrected chi connectivity index (χ2v) is 6.68. The number of hydrogen-bond donors (Lipinski definition) is 0. The number of rotatable bonds is 4. The van der Waals surface area contributed by atoms with Crippen LogP contribution in [0.15, 0.2) is 53.0 Å². The van der Waals surface area contributed by atoms with Crippen molar-refractivity contribution in [2.24, 2.45) is 0 Å². The van der Waals surface area contributed by atoms with Gasteiger partial charge in [0, 0.05) is 11.0 Å². The Bertz CT molecular complexity index is 750. The molecule has 1 heterocycles. The second-order valence-electron chi connectivity index (χ2n) is 5.11. The number of nitrogens with zero attached hydrogens (tertiary/aromatic N) is 2. The minimum Gasteiger partial charge on any atom is -0.326 e. The van der Waals surface area contributed by atoms with Gasteiger partial charge in [-0.2, -0.15) is 0 Å². The van der Waals surface area contributed by atoms with Crippen LogP contribution in [0.5, 0.6) is 0 Å². The first kappa shape index (κ1) is 14.6. The van der Waals surface area contributed by atoms with Crippen LogP contribution >= 0.6 is 27.5 Å². The molecular formula is C17H16BrClN2. The molecule has 0 saturated carbocycles. The van der Waals surface area contributed by atoms with Gasteiger partial charge in [-0.1, -0.05) is 46.3 Å². The molecule has 2 nitrogen and oxygen atoms in total. The van der Waals surface area contributed by atoms with E-state index in [0.29, 0.717) is 0 Å². The topological polar surface area (TPSA) is 17.8 Å². The van der Waals surface area contributed by atoms with Crippen molar-refractivity contribution in [1.29, 1.82) is 0 Å². The highest BCUT2D eigenvalue weighted by Gasteiger charge is 2.15. The normalized spacial score (nSPS) is 12.7. The molecule has 0 radical (unpaired) electrons. The minimum absolute atomic E-state index is 0.105. The number of halogens is 2. The van der Waals surface area contributed by atoms with Crippen LogP contribution in [0.1, 0.15) is 23.7 Å². The molecule has 0 spiro atoms. The standard InChI is InChI=1S/C17H16BrClN2/c1-12(19)17-20-15-8-7-14(18)11-16(15)21(17)10-9-13-5-3-2-4-6-13/h2-8,11-12H,9-10H2,1H3. The Labute approximate surface area is 137 Å². The monoisotopic (exact) mass is 362 g/mol. The molecule has 2 aromatic carbocycles. The highest BCUT2D eigenvalue weighted by Crippen LogP contribution is 2.27. The maximum atomic E-state index is 6.31. The summed E-state index contributed by atoms with van der Waals surface area (Å²) < 4.78 is 3.29. The Morgan fingerprint density at radius 3 is 2.67 bits per heavy atom. The Kier molecular flexibility index (Phi) is 4.32. The van der Waals surface area contributed by atoms with Gasteiger partial charge >= 0.3 is 0 Å². The summed E-state index contributed by atoms with van der Waals surface area (Å²) >= 11 is 9.84. The van der Waals surface area contributed by atoms with Crippen LogP contribution in [-0.4, -0.2) is 9.55 Å². The molecule has 0 aliphatic rings. The van der Waals surface area contributed by atoms with Crippen molar-refractivity contribution in [2.75, 3.05) is 0 Å². The molecule has 1 unspecified atom stereocenters. The summed E-state index contributed by atoms with van der Waals surface area (Å²) in [5.74, 6) is 0.931. The summed E-state index contributed by atoms with van der Waals surface area (Å²) in [7, 11) is 0. The van der Waals surface area contributed by atoms with Crippen molar-refractivity contribution in [2.45, 2.75) is 25.3 Å². The summed E-state index contributed by atoms with van der Waals surface area (Å²) in [5, 5.41) is -0.105. The maximum absolute atomic E-state index is 6.31. The van der Waals surface area contributed by atoms with Crippen LogP contribution < -0.4 is 0 Å². The van der Waals surface area contributed by atoms with E-state index in [1.54, 1.807) is 0 Å². The minimum atomic E-state index is -0.105. The van der Waals surface area contributed by atoms with E-state index in [2.05, 4.69) is 55.8 Å². The summed E-state index contributed by atoms with van der Waals surface area (Å²) in [6.07, 6.45) is 0.968. The van der Waals surface area contributed by atoms with E-state index in [1.165, 1.54) is 5.56 Å². The zero-order valence-electron chi connectivity index (χ0n) is 11.8. The van der Waals surface area contributed by atoms with Crippen LogP contribution in [0.2, 0.25) is 0 Å². The Morgan fingerprint density at radius 2 is 1.95 bits per heavy atom. The molecule has 4 heteroatoms. The Balaban J connectivity index is 1.98. The van der Waals surface area contributed by atoms with Crippen LogP contribution in [-0.2, 0) is 13.0 Å². The van der Waals surface area contributed by atoms with Crippen molar-refractivity contribution in [3.63, 3.8) is 0 Å². The second kappa shape index (κ2) is 6.20. The number of aromatic nitrogens is 2. The fourth-order valence-electron chi connectivity index (χ4n) is 2.54. The van der Waals surface area contributed by atoms with Gasteiger partial charge < -0.3 is 4.57 Å². The zero-order valence-corrected chi connectivity index (χ0v) is 14.1. The molecule has 0 N–H and O–H groups in total. The Morgan fingerprint density at radius 1 is 1.19 bits per heavy atom. The molecule has 0 fully saturated rings.